The molecule has 1 atom stereocenters. The molecule has 0 spiro atoms. The summed E-state index contributed by atoms with van der Waals surface area (Å²) in [5, 5.41) is 3.73. The lowest BCUT2D eigenvalue weighted by molar-refractivity contribution is 0.0762. The zero-order valence-corrected chi connectivity index (χ0v) is 14.6. The fraction of sp³-hybridized carbons (Fsp3) is 0.895. The maximum absolute atomic E-state index is 3.73. The van der Waals surface area contributed by atoms with E-state index in [1.165, 1.54) is 77.3 Å². The van der Waals surface area contributed by atoms with Gasteiger partial charge in [0.05, 0.1) is 0 Å². The lowest BCUT2D eigenvalue weighted by atomic mass is 9.77. The summed E-state index contributed by atoms with van der Waals surface area (Å²) in [7, 11) is 2.18. The van der Waals surface area contributed by atoms with Gasteiger partial charge in [-0.3, -0.25) is 4.90 Å². The number of rotatable bonds is 6. The molecule has 0 bridgehead atoms. The molecule has 2 nitrogen and oxygen atoms in total. The maximum Gasteiger partial charge on any atom is 0.0463 e. The topological polar surface area (TPSA) is 15.3 Å². The summed E-state index contributed by atoms with van der Waals surface area (Å²) in [6.07, 6.45) is 16.1. The minimum absolute atomic E-state index is 0.330. The van der Waals surface area contributed by atoms with Crippen LogP contribution in [0.3, 0.4) is 0 Å². The summed E-state index contributed by atoms with van der Waals surface area (Å²) in [5.74, 6) is 0. The Labute approximate surface area is 132 Å². The molecule has 0 saturated carbocycles. The van der Waals surface area contributed by atoms with E-state index in [1.807, 2.05) is 0 Å². The third kappa shape index (κ3) is 3.71. The van der Waals surface area contributed by atoms with Gasteiger partial charge in [0.2, 0.25) is 0 Å². The molecular formula is C19H36N2. The third-order valence-corrected chi connectivity index (χ3v) is 5.98. The van der Waals surface area contributed by atoms with Crippen LogP contribution in [-0.4, -0.2) is 36.6 Å². The number of hydrogen-bond acceptors (Lipinski definition) is 2. The molecule has 1 fully saturated rings. The Bertz CT molecular complexity index is 324. The van der Waals surface area contributed by atoms with Gasteiger partial charge in [0.1, 0.15) is 0 Å². The van der Waals surface area contributed by atoms with E-state index in [9.17, 15) is 0 Å². The molecule has 2 rings (SSSR count). The summed E-state index contributed by atoms with van der Waals surface area (Å²) < 4.78 is 0. The summed E-state index contributed by atoms with van der Waals surface area (Å²) in [6, 6.07) is 0.545. The first-order valence-corrected chi connectivity index (χ1v) is 9.39. The fourth-order valence-corrected chi connectivity index (χ4v) is 4.73. The van der Waals surface area contributed by atoms with Crippen molar-refractivity contribution in [3.05, 3.63) is 11.6 Å². The van der Waals surface area contributed by atoms with Crippen molar-refractivity contribution in [3.8, 4) is 0 Å². The lowest BCUT2D eigenvalue weighted by Gasteiger charge is -2.48. The molecule has 0 aromatic carbocycles. The summed E-state index contributed by atoms with van der Waals surface area (Å²) >= 11 is 0. The average molecular weight is 293 g/mol. The van der Waals surface area contributed by atoms with E-state index in [4.69, 9.17) is 0 Å². The largest absolute Gasteiger partial charge is 0.312 e. The van der Waals surface area contributed by atoms with Crippen LogP contribution in [0.1, 0.15) is 78.1 Å². The molecule has 2 heteroatoms. The SMILES string of the molecule is CCC(CC)(C(NC)C1=CCCCCCC1)N1CCCC1. The molecule has 122 valence electrons. The molecule has 0 aromatic heterocycles. The second kappa shape index (κ2) is 8.33. The third-order valence-electron chi connectivity index (χ3n) is 5.98. The van der Waals surface area contributed by atoms with Gasteiger partial charge in [-0.1, -0.05) is 38.3 Å². The summed E-state index contributed by atoms with van der Waals surface area (Å²) in [6.45, 7) is 7.39. The molecule has 1 aliphatic carbocycles. The van der Waals surface area contributed by atoms with Gasteiger partial charge in [-0.15, -0.1) is 0 Å². The first-order chi connectivity index (χ1) is 10.3. The molecule has 2 aliphatic rings. The van der Waals surface area contributed by atoms with Crippen molar-refractivity contribution in [2.75, 3.05) is 20.1 Å². The quantitative estimate of drug-likeness (QED) is 0.725. The highest BCUT2D eigenvalue weighted by atomic mass is 15.2. The van der Waals surface area contributed by atoms with Crippen molar-refractivity contribution in [2.45, 2.75) is 89.6 Å². The molecule has 1 N–H and O–H groups in total. The number of nitrogens with one attached hydrogen (secondary N) is 1. The van der Waals surface area contributed by atoms with E-state index < -0.39 is 0 Å². The Morgan fingerprint density at radius 3 is 2.33 bits per heavy atom. The van der Waals surface area contributed by atoms with Crippen LogP contribution in [0, 0.1) is 0 Å². The molecule has 21 heavy (non-hydrogen) atoms. The van der Waals surface area contributed by atoms with Crippen LogP contribution in [0.15, 0.2) is 11.6 Å². The van der Waals surface area contributed by atoms with Gasteiger partial charge in [0.15, 0.2) is 0 Å². The smallest absolute Gasteiger partial charge is 0.0463 e. The Morgan fingerprint density at radius 2 is 1.71 bits per heavy atom. The molecular weight excluding hydrogens is 256 g/mol. The van der Waals surface area contributed by atoms with Gasteiger partial charge < -0.3 is 5.32 Å². The minimum Gasteiger partial charge on any atom is -0.312 e. The Morgan fingerprint density at radius 1 is 1.05 bits per heavy atom. The van der Waals surface area contributed by atoms with Crippen LogP contribution in [0.4, 0.5) is 0 Å². The van der Waals surface area contributed by atoms with Crippen LogP contribution in [0.5, 0.6) is 0 Å². The van der Waals surface area contributed by atoms with Gasteiger partial charge in [-0.05, 0) is 71.5 Å². The van der Waals surface area contributed by atoms with Crippen LogP contribution in [0.2, 0.25) is 0 Å². The highest BCUT2D eigenvalue weighted by Crippen LogP contribution is 2.36. The second-order valence-electron chi connectivity index (χ2n) is 6.96. The molecule has 0 aromatic rings. The van der Waals surface area contributed by atoms with Gasteiger partial charge in [0.25, 0.3) is 0 Å². The van der Waals surface area contributed by atoms with E-state index in [0.717, 1.165) is 0 Å². The normalized spacial score (nSPS) is 23.5. The highest BCUT2D eigenvalue weighted by Gasteiger charge is 2.42. The second-order valence-corrected chi connectivity index (χ2v) is 6.96. The highest BCUT2D eigenvalue weighted by molar-refractivity contribution is 5.20. The van der Waals surface area contributed by atoms with E-state index in [1.54, 1.807) is 5.57 Å². The van der Waals surface area contributed by atoms with Crippen molar-refractivity contribution in [2.24, 2.45) is 0 Å². The van der Waals surface area contributed by atoms with Crippen LogP contribution in [0.25, 0.3) is 0 Å². The zero-order chi connectivity index (χ0) is 15.1. The molecule has 1 aliphatic heterocycles. The Kier molecular flexibility index (Phi) is 6.75. The van der Waals surface area contributed by atoms with Crippen molar-refractivity contribution < 1.29 is 0 Å². The number of likely N-dealkylation sites (N-methyl/N-ethyl adjacent to an activating group) is 1. The summed E-state index contributed by atoms with van der Waals surface area (Å²) in [5.41, 5.74) is 2.03. The molecule has 0 amide bonds. The van der Waals surface area contributed by atoms with Crippen molar-refractivity contribution in [3.63, 3.8) is 0 Å². The van der Waals surface area contributed by atoms with E-state index in [-0.39, 0.29) is 0 Å². The standard InChI is InChI=1S/C19H36N2/c1-4-19(5-2,21-15-11-12-16-21)18(20-3)17-13-9-7-6-8-10-14-17/h13,18,20H,4-12,14-16H2,1-3H3. The Hall–Kier alpha value is -0.340. The van der Waals surface area contributed by atoms with Gasteiger partial charge >= 0.3 is 0 Å². The minimum atomic E-state index is 0.330. The number of hydrogen-bond donors (Lipinski definition) is 1. The van der Waals surface area contributed by atoms with Crippen LogP contribution in [-0.2, 0) is 0 Å². The van der Waals surface area contributed by atoms with Crippen molar-refractivity contribution in [1.82, 2.24) is 10.2 Å². The first kappa shape index (κ1) is 17.0. The predicted octanol–water partition coefficient (Wildman–Crippen LogP) is 4.51. The molecule has 1 unspecified atom stereocenters. The Balaban J connectivity index is 2.25. The van der Waals surface area contributed by atoms with E-state index in [0.29, 0.717) is 11.6 Å². The predicted molar refractivity (Wildman–Crippen MR) is 92.8 cm³/mol. The van der Waals surface area contributed by atoms with Gasteiger partial charge in [-0.25, -0.2) is 0 Å². The molecule has 0 radical (unpaired) electrons. The first-order valence-electron chi connectivity index (χ1n) is 9.39. The maximum atomic E-state index is 3.73. The number of nitrogens with zero attached hydrogens (tertiary/aromatic N) is 1. The number of allylic oxidation sites excluding steroid dienone is 1. The summed E-state index contributed by atoms with van der Waals surface area (Å²) in [4.78, 5) is 2.80. The number of likely N-dealkylation sites (tertiary alicyclic amines) is 1. The van der Waals surface area contributed by atoms with Crippen molar-refractivity contribution >= 4 is 0 Å². The van der Waals surface area contributed by atoms with Gasteiger partial charge in [-0.2, -0.15) is 0 Å². The van der Waals surface area contributed by atoms with Crippen molar-refractivity contribution in [1.29, 1.82) is 0 Å². The van der Waals surface area contributed by atoms with Crippen LogP contribution >= 0.6 is 0 Å². The monoisotopic (exact) mass is 292 g/mol. The molecule has 1 heterocycles. The van der Waals surface area contributed by atoms with Gasteiger partial charge in [0, 0.05) is 11.6 Å². The zero-order valence-electron chi connectivity index (χ0n) is 14.6. The fourth-order valence-electron chi connectivity index (χ4n) is 4.73. The van der Waals surface area contributed by atoms with E-state index in [2.05, 4.69) is 37.2 Å². The molecule has 1 saturated heterocycles. The van der Waals surface area contributed by atoms with E-state index >= 15 is 0 Å². The van der Waals surface area contributed by atoms with Crippen LogP contribution < -0.4 is 5.32 Å². The average Bonchev–Trinajstić information content (AvgIpc) is 3.00. The lowest BCUT2D eigenvalue weighted by Crippen LogP contribution is -2.60.